The molecule has 0 aliphatic rings. The molecule has 0 aliphatic carbocycles. The lowest BCUT2D eigenvalue weighted by atomic mass is 10.1. The largest absolute Gasteiger partial charge is 0.357 e. The highest BCUT2D eigenvalue weighted by Gasteiger charge is 2.07. The number of hydrogen-bond donors (Lipinski definition) is 2. The number of sulfone groups is 1. The molecule has 0 saturated carbocycles. The van der Waals surface area contributed by atoms with Crippen LogP contribution in [-0.2, 0) is 29.1 Å². The summed E-state index contributed by atoms with van der Waals surface area (Å²) in [6.45, 7) is 8.50. The first-order valence-corrected chi connectivity index (χ1v) is 12.3. The van der Waals surface area contributed by atoms with E-state index < -0.39 is 9.84 Å². The van der Waals surface area contributed by atoms with Crippen LogP contribution >= 0.6 is 35.3 Å². The van der Waals surface area contributed by atoms with Crippen LogP contribution in [0, 0.1) is 6.92 Å². The highest BCUT2D eigenvalue weighted by molar-refractivity contribution is 14.0. The van der Waals surface area contributed by atoms with E-state index in [2.05, 4.69) is 34.5 Å². The van der Waals surface area contributed by atoms with Crippen LogP contribution in [0.1, 0.15) is 35.0 Å². The molecule has 0 saturated heterocycles. The maximum absolute atomic E-state index is 11.5. The third-order valence-electron chi connectivity index (χ3n) is 4.27. The van der Waals surface area contributed by atoms with Gasteiger partial charge in [-0.05, 0) is 44.4 Å². The Bertz CT molecular complexity index is 894. The summed E-state index contributed by atoms with van der Waals surface area (Å²) in [5.41, 5.74) is 2.28. The number of thiazole rings is 1. The van der Waals surface area contributed by atoms with Gasteiger partial charge in [0.15, 0.2) is 15.8 Å². The van der Waals surface area contributed by atoms with E-state index in [0.717, 1.165) is 48.9 Å². The van der Waals surface area contributed by atoms with Crippen molar-refractivity contribution >= 4 is 51.1 Å². The van der Waals surface area contributed by atoms with Crippen molar-refractivity contribution in [3.8, 4) is 0 Å². The van der Waals surface area contributed by atoms with Crippen LogP contribution in [0.25, 0.3) is 0 Å². The van der Waals surface area contributed by atoms with Gasteiger partial charge in [0, 0.05) is 37.2 Å². The topological polar surface area (TPSA) is 83.4 Å². The van der Waals surface area contributed by atoms with Gasteiger partial charge in [-0.25, -0.2) is 13.4 Å². The Morgan fingerprint density at radius 3 is 2.38 bits per heavy atom. The van der Waals surface area contributed by atoms with Crippen molar-refractivity contribution in [2.75, 3.05) is 25.9 Å². The molecule has 0 amide bonds. The summed E-state index contributed by atoms with van der Waals surface area (Å²) in [6.07, 6.45) is 3.83. The van der Waals surface area contributed by atoms with Crippen molar-refractivity contribution in [2.45, 2.75) is 44.9 Å². The highest BCUT2D eigenvalue weighted by atomic mass is 127. The van der Waals surface area contributed by atoms with E-state index in [1.807, 2.05) is 19.1 Å². The van der Waals surface area contributed by atoms with Crippen LogP contribution in [0.15, 0.2) is 34.2 Å². The van der Waals surface area contributed by atoms with Gasteiger partial charge >= 0.3 is 0 Å². The predicted molar refractivity (Wildman–Crippen MR) is 133 cm³/mol. The summed E-state index contributed by atoms with van der Waals surface area (Å²) in [5.74, 6) is 0.791. The van der Waals surface area contributed by atoms with Crippen LogP contribution in [0.4, 0.5) is 0 Å². The molecule has 0 aliphatic heterocycles. The normalized spacial score (nSPS) is 11.8. The zero-order chi connectivity index (χ0) is 20.6. The van der Waals surface area contributed by atoms with E-state index in [4.69, 9.17) is 0 Å². The lowest BCUT2D eigenvalue weighted by Crippen LogP contribution is -2.38. The first-order chi connectivity index (χ1) is 13.3. The van der Waals surface area contributed by atoms with Crippen molar-refractivity contribution in [2.24, 2.45) is 4.99 Å². The number of benzene rings is 1. The van der Waals surface area contributed by atoms with Crippen LogP contribution in [-0.4, -0.2) is 45.3 Å². The molecule has 0 bridgehead atoms. The Hall–Kier alpha value is -1.20. The average molecular weight is 551 g/mol. The Balaban J connectivity index is 0.00000420. The molecule has 2 N–H and O–H groups in total. The minimum atomic E-state index is -3.15. The van der Waals surface area contributed by atoms with Crippen molar-refractivity contribution in [1.82, 2.24) is 15.6 Å². The number of guanidine groups is 1. The van der Waals surface area contributed by atoms with E-state index in [1.54, 1.807) is 23.5 Å². The van der Waals surface area contributed by atoms with Gasteiger partial charge in [-0.2, -0.15) is 0 Å². The molecule has 1 aromatic heterocycles. The third-order valence-corrected chi connectivity index (χ3v) is 6.47. The fourth-order valence-electron chi connectivity index (χ4n) is 2.76. The van der Waals surface area contributed by atoms with E-state index in [-0.39, 0.29) is 24.0 Å². The molecule has 9 heteroatoms. The van der Waals surface area contributed by atoms with Gasteiger partial charge in [0.2, 0.25) is 0 Å². The fourth-order valence-corrected chi connectivity index (χ4v) is 4.40. The maximum Gasteiger partial charge on any atom is 0.191 e. The summed E-state index contributed by atoms with van der Waals surface area (Å²) in [7, 11) is -3.15. The SMILES string of the molecule is CCNC(=NCCc1nc(CC)c(C)s1)NCCc1ccc(S(C)(=O)=O)cc1.I. The highest BCUT2D eigenvalue weighted by Crippen LogP contribution is 2.18. The van der Waals surface area contributed by atoms with Crippen LogP contribution in [0.5, 0.6) is 0 Å². The van der Waals surface area contributed by atoms with E-state index in [9.17, 15) is 8.42 Å². The lowest BCUT2D eigenvalue weighted by molar-refractivity contribution is 0.602. The number of nitrogens with zero attached hydrogens (tertiary/aromatic N) is 2. The van der Waals surface area contributed by atoms with Gasteiger partial charge in [-0.3, -0.25) is 4.99 Å². The minimum absolute atomic E-state index is 0. The fraction of sp³-hybridized carbons (Fsp3) is 0.500. The molecule has 1 heterocycles. The summed E-state index contributed by atoms with van der Waals surface area (Å²) < 4.78 is 23.0. The molecule has 2 aromatic rings. The number of aliphatic imine (C=N–C) groups is 1. The third kappa shape index (κ3) is 8.59. The number of aryl methyl sites for hydroxylation is 2. The second-order valence-corrected chi connectivity index (χ2v) is 9.87. The summed E-state index contributed by atoms with van der Waals surface area (Å²) in [5, 5.41) is 7.72. The molecule has 29 heavy (non-hydrogen) atoms. The number of aromatic nitrogens is 1. The molecule has 1 aromatic carbocycles. The Kier molecular flexibility index (Phi) is 11.1. The van der Waals surface area contributed by atoms with E-state index in [0.29, 0.717) is 11.4 Å². The molecular formula is C20H31IN4O2S2. The Morgan fingerprint density at radius 1 is 1.14 bits per heavy atom. The molecule has 0 radical (unpaired) electrons. The van der Waals surface area contributed by atoms with Gasteiger partial charge < -0.3 is 10.6 Å². The maximum atomic E-state index is 11.5. The zero-order valence-electron chi connectivity index (χ0n) is 17.5. The van der Waals surface area contributed by atoms with E-state index >= 15 is 0 Å². The number of rotatable bonds is 9. The molecule has 0 unspecified atom stereocenters. The predicted octanol–water partition coefficient (Wildman–Crippen LogP) is 3.38. The molecule has 0 spiro atoms. The molecule has 162 valence electrons. The second kappa shape index (κ2) is 12.5. The second-order valence-electron chi connectivity index (χ2n) is 6.57. The molecule has 0 fully saturated rings. The van der Waals surface area contributed by atoms with Crippen molar-refractivity contribution < 1.29 is 8.42 Å². The number of halogens is 1. The molecule has 6 nitrogen and oxygen atoms in total. The first-order valence-electron chi connectivity index (χ1n) is 9.59. The van der Waals surface area contributed by atoms with Gasteiger partial charge in [-0.1, -0.05) is 19.1 Å². The monoisotopic (exact) mass is 550 g/mol. The van der Waals surface area contributed by atoms with Crippen molar-refractivity contribution in [1.29, 1.82) is 0 Å². The van der Waals surface area contributed by atoms with Gasteiger partial charge in [0.05, 0.1) is 15.6 Å². The van der Waals surface area contributed by atoms with Gasteiger partial charge in [-0.15, -0.1) is 35.3 Å². The summed E-state index contributed by atoms with van der Waals surface area (Å²) in [6, 6.07) is 7.03. The molecule has 0 atom stereocenters. The number of nitrogens with one attached hydrogen (secondary N) is 2. The summed E-state index contributed by atoms with van der Waals surface area (Å²) >= 11 is 1.76. The van der Waals surface area contributed by atoms with Gasteiger partial charge in [0.25, 0.3) is 0 Å². The van der Waals surface area contributed by atoms with E-state index in [1.165, 1.54) is 16.8 Å². The smallest absolute Gasteiger partial charge is 0.191 e. The number of hydrogen-bond acceptors (Lipinski definition) is 5. The first kappa shape index (κ1) is 25.8. The van der Waals surface area contributed by atoms with Gasteiger partial charge in [0.1, 0.15) is 0 Å². The minimum Gasteiger partial charge on any atom is -0.357 e. The molecular weight excluding hydrogens is 519 g/mol. The van der Waals surface area contributed by atoms with Crippen LogP contribution < -0.4 is 10.6 Å². The zero-order valence-corrected chi connectivity index (χ0v) is 21.5. The lowest BCUT2D eigenvalue weighted by Gasteiger charge is -2.11. The van der Waals surface area contributed by atoms with Crippen LogP contribution in [0.2, 0.25) is 0 Å². The molecule has 2 rings (SSSR count). The van der Waals surface area contributed by atoms with Crippen molar-refractivity contribution in [3.05, 3.63) is 45.4 Å². The Labute approximate surface area is 195 Å². The summed E-state index contributed by atoms with van der Waals surface area (Å²) in [4.78, 5) is 10.9. The quantitative estimate of drug-likeness (QED) is 0.284. The van der Waals surface area contributed by atoms with Crippen molar-refractivity contribution in [3.63, 3.8) is 0 Å². The van der Waals surface area contributed by atoms with Crippen LogP contribution in [0.3, 0.4) is 0 Å². The standard InChI is InChI=1S/C20H30N4O2S2.HI/c1-5-18-15(3)27-19(24-18)12-14-23-20(21-6-2)22-13-11-16-7-9-17(10-8-16)28(4,25)26;/h7-10H,5-6,11-14H2,1-4H3,(H2,21,22,23);1H. The Morgan fingerprint density at radius 2 is 1.83 bits per heavy atom. The average Bonchev–Trinajstić information content (AvgIpc) is 3.01.